The van der Waals surface area contributed by atoms with Crippen molar-refractivity contribution in [2.75, 3.05) is 13.2 Å². The van der Waals surface area contributed by atoms with E-state index < -0.39 is 15.2 Å². The number of rotatable bonds is 14. The van der Waals surface area contributed by atoms with Crippen LogP contribution in [0.2, 0.25) is 0 Å². The lowest BCUT2D eigenvalue weighted by molar-refractivity contribution is 0.306. The van der Waals surface area contributed by atoms with Gasteiger partial charge in [-0.1, -0.05) is 206 Å². The molecule has 0 fully saturated rings. The molecule has 0 atom stereocenters. The van der Waals surface area contributed by atoms with E-state index in [1.54, 1.807) is 0 Å². The highest BCUT2D eigenvalue weighted by molar-refractivity contribution is 7.68. The molecule has 1 heterocycles. The molecule has 52 heavy (non-hydrogen) atoms. The van der Waals surface area contributed by atoms with Crippen molar-refractivity contribution in [1.29, 1.82) is 0 Å². The summed E-state index contributed by atoms with van der Waals surface area (Å²) < 4.78 is 14.4. The van der Waals surface area contributed by atoms with E-state index in [9.17, 15) is 0 Å². The zero-order valence-electron chi connectivity index (χ0n) is 31.3. The van der Waals surface area contributed by atoms with Gasteiger partial charge in [0.05, 0.1) is 13.2 Å². The van der Waals surface area contributed by atoms with Crippen LogP contribution in [0.4, 0.5) is 0 Å². The molecular formula is C48H52O2Si2. The largest absolute Gasteiger partial charge is 0.493 e. The molecule has 7 rings (SSSR count). The molecule has 2 nitrogen and oxygen atoms in total. The molecule has 6 aromatic carbocycles. The van der Waals surface area contributed by atoms with Gasteiger partial charge < -0.3 is 9.47 Å². The van der Waals surface area contributed by atoms with Gasteiger partial charge in [0.15, 0.2) is 15.2 Å². The molecule has 0 aliphatic carbocycles. The Morgan fingerprint density at radius 3 is 0.981 bits per heavy atom. The molecule has 0 saturated heterocycles. The van der Waals surface area contributed by atoms with E-state index in [1.165, 1.54) is 53.4 Å². The number of hydrogen-bond acceptors (Lipinski definition) is 2. The standard InChI is InChI=1S/C48H52O2Si2/c1-5-7-21-35-49-45-37(3)31-33-43-44-34-32-38(4)46(50-36-22-8-6-2)48(44)52(41-27-17-11-18-28-41,42-29-19-12-20-30-42)51(47(43)45,39-23-13-9-14-24-39)40-25-15-10-16-26-40/h9-20,23-34H,5-8,21-22,35-36H2,1-4H3. The topological polar surface area (TPSA) is 18.5 Å². The number of hydrogen-bond donors (Lipinski definition) is 0. The molecule has 0 amide bonds. The van der Waals surface area contributed by atoms with E-state index in [-0.39, 0.29) is 0 Å². The van der Waals surface area contributed by atoms with Gasteiger partial charge >= 0.3 is 0 Å². The normalized spacial score (nSPS) is 13.9. The van der Waals surface area contributed by atoms with Crippen LogP contribution in [0.3, 0.4) is 0 Å². The molecule has 0 radical (unpaired) electrons. The molecule has 0 saturated carbocycles. The van der Waals surface area contributed by atoms with Crippen molar-refractivity contribution in [1.82, 2.24) is 0 Å². The minimum absolute atomic E-state index is 0.705. The Bertz CT molecular complexity index is 1850. The summed E-state index contributed by atoms with van der Waals surface area (Å²) in [5.41, 5.74) is 4.99. The molecule has 0 spiro atoms. The Hall–Kier alpha value is -4.65. The van der Waals surface area contributed by atoms with Gasteiger partial charge in [0, 0.05) is 0 Å². The van der Waals surface area contributed by atoms with E-state index >= 15 is 0 Å². The van der Waals surface area contributed by atoms with E-state index in [0.29, 0.717) is 13.2 Å². The van der Waals surface area contributed by atoms with Crippen LogP contribution in [0, 0.1) is 13.8 Å². The fraction of sp³-hybridized carbons (Fsp3) is 0.250. The fourth-order valence-electron chi connectivity index (χ4n) is 8.90. The van der Waals surface area contributed by atoms with Crippen LogP contribution in [0.15, 0.2) is 146 Å². The average Bonchev–Trinajstić information content (AvgIpc) is 3.20. The summed E-state index contributed by atoms with van der Waals surface area (Å²) in [6.07, 6.45) is 6.71. The predicted octanol–water partition coefficient (Wildman–Crippen LogP) is 8.14. The quantitative estimate of drug-likeness (QED) is 0.0838. The van der Waals surface area contributed by atoms with Crippen molar-refractivity contribution in [2.24, 2.45) is 0 Å². The molecule has 4 heteroatoms. The Balaban J connectivity index is 1.77. The number of aryl methyl sites for hydroxylation is 2. The minimum atomic E-state index is -3.19. The molecule has 1 aliphatic heterocycles. The first-order valence-electron chi connectivity index (χ1n) is 19.4. The third-order valence-electron chi connectivity index (χ3n) is 11.1. The van der Waals surface area contributed by atoms with E-state index in [1.807, 2.05) is 0 Å². The predicted molar refractivity (Wildman–Crippen MR) is 226 cm³/mol. The highest BCUT2D eigenvalue weighted by Gasteiger charge is 2.67. The second-order valence-electron chi connectivity index (χ2n) is 14.3. The Morgan fingerprint density at radius 1 is 0.385 bits per heavy atom. The van der Waals surface area contributed by atoms with Crippen LogP contribution in [-0.4, -0.2) is 28.4 Å². The van der Waals surface area contributed by atoms with E-state index in [0.717, 1.165) is 50.0 Å². The highest BCUT2D eigenvalue weighted by atomic mass is 29.3. The van der Waals surface area contributed by atoms with E-state index in [2.05, 4.69) is 173 Å². The first-order valence-corrected chi connectivity index (χ1v) is 24.4. The molecule has 0 N–H and O–H groups in total. The summed E-state index contributed by atoms with van der Waals surface area (Å²) in [6, 6.07) is 55.6. The molecular weight excluding hydrogens is 665 g/mol. The monoisotopic (exact) mass is 716 g/mol. The Kier molecular flexibility index (Phi) is 11.0. The summed E-state index contributed by atoms with van der Waals surface area (Å²) in [5.74, 6) is 2.15. The fourth-order valence-corrected chi connectivity index (χ4v) is 29.4. The zero-order chi connectivity index (χ0) is 36.0. The zero-order valence-corrected chi connectivity index (χ0v) is 33.3. The van der Waals surface area contributed by atoms with Gasteiger partial charge in [-0.05, 0) is 59.3 Å². The summed E-state index contributed by atoms with van der Waals surface area (Å²) in [5, 5.41) is 8.47. The first kappa shape index (κ1) is 35.7. The van der Waals surface area contributed by atoms with Crippen LogP contribution >= 0.6 is 0 Å². The number of fused-ring (bicyclic) bond motifs is 3. The molecule has 0 bridgehead atoms. The highest BCUT2D eigenvalue weighted by Crippen LogP contribution is 2.41. The van der Waals surface area contributed by atoms with Crippen LogP contribution in [0.5, 0.6) is 11.5 Å². The van der Waals surface area contributed by atoms with Gasteiger partial charge in [-0.15, -0.1) is 0 Å². The Labute approximate surface area is 313 Å². The van der Waals surface area contributed by atoms with Crippen molar-refractivity contribution >= 4 is 46.3 Å². The summed E-state index contributed by atoms with van der Waals surface area (Å²) >= 11 is 0. The average molecular weight is 717 g/mol. The van der Waals surface area contributed by atoms with Crippen LogP contribution in [0.25, 0.3) is 11.1 Å². The van der Waals surface area contributed by atoms with Gasteiger partial charge in [0.2, 0.25) is 0 Å². The molecule has 6 aromatic rings. The van der Waals surface area contributed by atoms with Crippen molar-refractivity contribution < 1.29 is 9.47 Å². The third kappa shape index (κ3) is 5.96. The summed E-state index contributed by atoms with van der Waals surface area (Å²) in [4.78, 5) is 0. The van der Waals surface area contributed by atoms with Crippen LogP contribution in [-0.2, 0) is 0 Å². The van der Waals surface area contributed by atoms with Crippen molar-refractivity contribution in [3.8, 4) is 22.6 Å². The lowest BCUT2D eigenvalue weighted by Crippen LogP contribution is -2.95. The summed E-state index contributed by atoms with van der Waals surface area (Å²) in [7, 11) is -6.37. The lowest BCUT2D eigenvalue weighted by Gasteiger charge is -2.54. The Morgan fingerprint density at radius 2 is 0.692 bits per heavy atom. The molecule has 264 valence electrons. The molecule has 0 unspecified atom stereocenters. The molecule has 0 aromatic heterocycles. The second-order valence-corrected chi connectivity index (χ2v) is 25.2. The van der Waals surface area contributed by atoms with Crippen molar-refractivity contribution in [3.05, 3.63) is 157 Å². The number of unbranched alkanes of at least 4 members (excludes halogenated alkanes) is 4. The van der Waals surface area contributed by atoms with Gasteiger partial charge in [-0.25, -0.2) is 0 Å². The van der Waals surface area contributed by atoms with Crippen LogP contribution < -0.4 is 40.6 Å². The molecule has 1 aliphatic rings. The minimum Gasteiger partial charge on any atom is -0.493 e. The van der Waals surface area contributed by atoms with Gasteiger partial charge in [0.1, 0.15) is 11.5 Å². The second kappa shape index (κ2) is 15.9. The number of benzene rings is 6. The maximum atomic E-state index is 7.19. The number of ether oxygens (including phenoxy) is 2. The smallest absolute Gasteiger partial charge is 0.160 e. The SMILES string of the molecule is CCCCCOc1c(C)ccc2c1[Si](c1ccccc1)(c1ccccc1)[Si](c1ccccc1)(c1ccccc1)c1c-2ccc(C)c1OCCCCC. The van der Waals surface area contributed by atoms with Crippen LogP contribution in [0.1, 0.15) is 63.5 Å². The lowest BCUT2D eigenvalue weighted by atomic mass is 10.0. The maximum absolute atomic E-state index is 7.19. The van der Waals surface area contributed by atoms with Gasteiger partial charge in [-0.3, -0.25) is 0 Å². The van der Waals surface area contributed by atoms with Gasteiger partial charge in [-0.2, -0.15) is 0 Å². The summed E-state index contributed by atoms with van der Waals surface area (Å²) in [6.45, 7) is 10.4. The third-order valence-corrected chi connectivity index (χ3v) is 27.9. The van der Waals surface area contributed by atoms with E-state index in [4.69, 9.17) is 9.47 Å². The van der Waals surface area contributed by atoms with Crippen molar-refractivity contribution in [2.45, 2.75) is 66.2 Å². The van der Waals surface area contributed by atoms with Crippen molar-refractivity contribution in [3.63, 3.8) is 0 Å². The first-order chi connectivity index (χ1) is 25.6. The maximum Gasteiger partial charge on any atom is 0.160 e. The van der Waals surface area contributed by atoms with Gasteiger partial charge in [0.25, 0.3) is 0 Å².